The van der Waals surface area contributed by atoms with Crippen LogP contribution in [0.3, 0.4) is 0 Å². The molecule has 0 radical (unpaired) electrons. The van der Waals surface area contributed by atoms with E-state index in [1.807, 2.05) is 13.1 Å². The van der Waals surface area contributed by atoms with E-state index in [1.165, 1.54) is 12.1 Å². The molecule has 1 N–H and O–H groups in total. The predicted molar refractivity (Wildman–Crippen MR) is 78.8 cm³/mol. The van der Waals surface area contributed by atoms with E-state index in [9.17, 15) is 13.2 Å². The van der Waals surface area contributed by atoms with Crippen molar-refractivity contribution >= 4 is 0 Å². The minimum absolute atomic E-state index is 0.174. The summed E-state index contributed by atoms with van der Waals surface area (Å²) in [6.45, 7) is 0.558. The van der Waals surface area contributed by atoms with E-state index in [1.54, 1.807) is 18.2 Å². The highest BCUT2D eigenvalue weighted by atomic mass is 19.4. The van der Waals surface area contributed by atoms with Crippen LogP contribution in [0.1, 0.15) is 23.6 Å². The largest absolute Gasteiger partial charge is 0.493 e. The van der Waals surface area contributed by atoms with E-state index in [4.69, 9.17) is 4.74 Å². The highest BCUT2D eigenvalue weighted by molar-refractivity contribution is 5.70. The highest BCUT2D eigenvalue weighted by Crippen LogP contribution is 2.40. The standard InChI is InChI=1S/C17H16F3NO/c1-21-15-8-9-22-16-10-11(6-7-13(15)16)12-4-2-3-5-14(12)17(18,19)20/h2-7,10,15,21H,8-9H2,1H3/t15-/m1/s1. The number of ether oxygens (including phenoxy) is 1. The average molecular weight is 307 g/mol. The molecule has 0 aromatic heterocycles. The lowest BCUT2D eigenvalue weighted by Gasteiger charge is -2.26. The van der Waals surface area contributed by atoms with Crippen LogP contribution < -0.4 is 10.1 Å². The van der Waals surface area contributed by atoms with E-state index < -0.39 is 11.7 Å². The third kappa shape index (κ3) is 2.68. The van der Waals surface area contributed by atoms with Crippen LogP contribution in [-0.2, 0) is 6.18 Å². The summed E-state index contributed by atoms with van der Waals surface area (Å²) < 4.78 is 45.1. The fourth-order valence-corrected chi connectivity index (χ4v) is 2.84. The fraction of sp³-hybridized carbons (Fsp3) is 0.294. The van der Waals surface area contributed by atoms with E-state index >= 15 is 0 Å². The summed E-state index contributed by atoms with van der Waals surface area (Å²) in [6, 6.07) is 11.1. The Hall–Kier alpha value is -2.01. The number of nitrogens with one attached hydrogen (secondary N) is 1. The third-order valence-electron chi connectivity index (χ3n) is 3.95. The lowest BCUT2D eigenvalue weighted by molar-refractivity contribution is -0.137. The maximum absolute atomic E-state index is 13.1. The molecule has 0 aliphatic carbocycles. The van der Waals surface area contributed by atoms with Crippen LogP contribution in [-0.4, -0.2) is 13.7 Å². The molecule has 0 spiro atoms. The molecule has 0 saturated heterocycles. The quantitative estimate of drug-likeness (QED) is 0.887. The van der Waals surface area contributed by atoms with E-state index in [2.05, 4.69) is 5.32 Å². The molecule has 2 nitrogen and oxygen atoms in total. The number of rotatable bonds is 2. The van der Waals surface area contributed by atoms with Crippen LogP contribution in [0.2, 0.25) is 0 Å². The Morgan fingerprint density at radius 3 is 2.64 bits per heavy atom. The molecule has 1 atom stereocenters. The molecule has 116 valence electrons. The summed E-state index contributed by atoms with van der Waals surface area (Å²) in [5.74, 6) is 0.653. The monoisotopic (exact) mass is 307 g/mol. The van der Waals surface area contributed by atoms with Gasteiger partial charge in [-0.25, -0.2) is 0 Å². The lowest BCUT2D eigenvalue weighted by atomic mass is 9.94. The zero-order valence-electron chi connectivity index (χ0n) is 12.1. The van der Waals surface area contributed by atoms with Crippen LogP contribution in [0.4, 0.5) is 13.2 Å². The van der Waals surface area contributed by atoms with Crippen molar-refractivity contribution in [3.63, 3.8) is 0 Å². The molecule has 2 aromatic carbocycles. The lowest BCUT2D eigenvalue weighted by Crippen LogP contribution is -2.23. The summed E-state index contributed by atoms with van der Waals surface area (Å²) in [5, 5.41) is 3.19. The molecule has 1 aliphatic heterocycles. The van der Waals surface area contributed by atoms with Crippen LogP contribution in [0.15, 0.2) is 42.5 Å². The van der Waals surface area contributed by atoms with Gasteiger partial charge in [-0.3, -0.25) is 0 Å². The van der Waals surface area contributed by atoms with Crippen molar-refractivity contribution in [2.75, 3.05) is 13.7 Å². The van der Waals surface area contributed by atoms with Crippen molar-refractivity contribution in [3.8, 4) is 16.9 Å². The molecule has 0 amide bonds. The molecule has 0 saturated carbocycles. The summed E-state index contributed by atoms with van der Waals surface area (Å²) in [7, 11) is 1.87. The summed E-state index contributed by atoms with van der Waals surface area (Å²) in [6.07, 6.45) is -3.52. The van der Waals surface area contributed by atoms with Crippen molar-refractivity contribution in [3.05, 3.63) is 53.6 Å². The first-order valence-corrected chi connectivity index (χ1v) is 7.11. The van der Waals surface area contributed by atoms with Gasteiger partial charge in [-0.05, 0) is 30.3 Å². The molecule has 0 fully saturated rings. The zero-order valence-corrected chi connectivity index (χ0v) is 12.1. The van der Waals surface area contributed by atoms with Gasteiger partial charge in [0, 0.05) is 18.0 Å². The molecule has 0 unspecified atom stereocenters. The third-order valence-corrected chi connectivity index (χ3v) is 3.95. The van der Waals surface area contributed by atoms with Gasteiger partial charge in [0.15, 0.2) is 0 Å². The topological polar surface area (TPSA) is 21.3 Å². The van der Waals surface area contributed by atoms with Gasteiger partial charge in [0.25, 0.3) is 0 Å². The van der Waals surface area contributed by atoms with E-state index in [-0.39, 0.29) is 11.6 Å². The maximum Gasteiger partial charge on any atom is 0.417 e. The SMILES string of the molecule is CN[C@@H]1CCOc2cc(-c3ccccc3C(F)(F)F)ccc21. The van der Waals surface area contributed by atoms with Crippen molar-refractivity contribution in [1.82, 2.24) is 5.32 Å². The predicted octanol–water partition coefficient (Wildman–Crippen LogP) is 4.42. The minimum Gasteiger partial charge on any atom is -0.493 e. The van der Waals surface area contributed by atoms with Gasteiger partial charge in [-0.1, -0.05) is 30.3 Å². The Labute approximate surface area is 126 Å². The second-order valence-electron chi connectivity index (χ2n) is 5.27. The Morgan fingerprint density at radius 2 is 1.91 bits per heavy atom. The first-order chi connectivity index (χ1) is 10.5. The second-order valence-corrected chi connectivity index (χ2v) is 5.27. The first-order valence-electron chi connectivity index (χ1n) is 7.11. The van der Waals surface area contributed by atoms with Crippen LogP contribution >= 0.6 is 0 Å². The Balaban J connectivity index is 2.08. The summed E-state index contributed by atoms with van der Waals surface area (Å²) in [5.41, 5.74) is 1.05. The molecule has 0 bridgehead atoms. The smallest absolute Gasteiger partial charge is 0.417 e. The van der Waals surface area contributed by atoms with E-state index in [0.29, 0.717) is 17.9 Å². The van der Waals surface area contributed by atoms with Crippen LogP contribution in [0.25, 0.3) is 11.1 Å². The van der Waals surface area contributed by atoms with Gasteiger partial charge in [0.05, 0.1) is 12.2 Å². The van der Waals surface area contributed by atoms with Gasteiger partial charge < -0.3 is 10.1 Å². The fourth-order valence-electron chi connectivity index (χ4n) is 2.84. The number of halogens is 3. The van der Waals surface area contributed by atoms with Gasteiger partial charge >= 0.3 is 6.18 Å². The number of fused-ring (bicyclic) bond motifs is 1. The number of benzene rings is 2. The summed E-state index contributed by atoms with van der Waals surface area (Å²) >= 11 is 0. The van der Waals surface area contributed by atoms with Gasteiger partial charge in [-0.2, -0.15) is 13.2 Å². The Morgan fingerprint density at radius 1 is 1.14 bits per heavy atom. The molecular formula is C17H16F3NO. The van der Waals surface area contributed by atoms with Gasteiger partial charge in [0.1, 0.15) is 5.75 Å². The Bertz CT molecular complexity index is 682. The second kappa shape index (κ2) is 5.65. The van der Waals surface area contributed by atoms with Crippen LogP contribution in [0.5, 0.6) is 5.75 Å². The van der Waals surface area contributed by atoms with Gasteiger partial charge in [-0.15, -0.1) is 0 Å². The van der Waals surface area contributed by atoms with Crippen molar-refractivity contribution < 1.29 is 17.9 Å². The highest BCUT2D eigenvalue weighted by Gasteiger charge is 2.33. The van der Waals surface area contributed by atoms with E-state index in [0.717, 1.165) is 18.1 Å². The maximum atomic E-state index is 13.1. The molecule has 22 heavy (non-hydrogen) atoms. The van der Waals surface area contributed by atoms with Gasteiger partial charge in [0.2, 0.25) is 0 Å². The molecule has 2 aromatic rings. The number of alkyl halides is 3. The molecule has 5 heteroatoms. The van der Waals surface area contributed by atoms with Crippen molar-refractivity contribution in [2.24, 2.45) is 0 Å². The zero-order chi connectivity index (χ0) is 15.7. The average Bonchev–Trinajstić information content (AvgIpc) is 2.53. The molecule has 1 aliphatic rings. The first kappa shape index (κ1) is 14.9. The van der Waals surface area contributed by atoms with Crippen molar-refractivity contribution in [1.29, 1.82) is 0 Å². The van der Waals surface area contributed by atoms with Crippen molar-refractivity contribution in [2.45, 2.75) is 18.6 Å². The molecular weight excluding hydrogens is 291 g/mol. The normalized spacial score (nSPS) is 17.7. The number of hydrogen-bond acceptors (Lipinski definition) is 2. The molecule has 3 rings (SSSR count). The number of hydrogen-bond donors (Lipinski definition) is 1. The Kier molecular flexibility index (Phi) is 3.83. The van der Waals surface area contributed by atoms with Crippen LogP contribution in [0, 0.1) is 0 Å². The molecule has 1 heterocycles. The summed E-state index contributed by atoms with van der Waals surface area (Å²) in [4.78, 5) is 0. The minimum atomic E-state index is -4.37.